The van der Waals surface area contributed by atoms with Gasteiger partial charge in [0.25, 0.3) is 11.6 Å². The van der Waals surface area contributed by atoms with Crippen molar-refractivity contribution >= 4 is 34.8 Å². The van der Waals surface area contributed by atoms with Crippen LogP contribution in [-0.2, 0) is 18.3 Å². The summed E-state index contributed by atoms with van der Waals surface area (Å²) in [5.41, 5.74) is 1.77. The number of amides is 2. The Morgan fingerprint density at radius 2 is 1.82 bits per heavy atom. The van der Waals surface area contributed by atoms with Gasteiger partial charge in [0, 0.05) is 25.1 Å². The van der Waals surface area contributed by atoms with Crippen molar-refractivity contribution in [2.45, 2.75) is 41.0 Å². The molecule has 0 radical (unpaired) electrons. The van der Waals surface area contributed by atoms with Crippen molar-refractivity contribution < 1.29 is 14.5 Å². The first kappa shape index (κ1) is 21.6. The fourth-order valence-corrected chi connectivity index (χ4v) is 3.45. The zero-order chi connectivity index (χ0) is 21.3. The Balaban J connectivity index is 2.72. The Hall–Kier alpha value is -2.74. The molecule has 0 saturated carbocycles. The molecule has 0 spiro atoms. The molecule has 0 aliphatic rings. The minimum atomic E-state index is -0.613. The number of aromatic nitrogens is 2. The smallest absolute Gasteiger partial charge is 0.274 e. The van der Waals surface area contributed by atoms with E-state index in [2.05, 4.69) is 5.10 Å². The van der Waals surface area contributed by atoms with E-state index in [9.17, 15) is 19.7 Å². The van der Waals surface area contributed by atoms with E-state index in [4.69, 9.17) is 11.6 Å². The molecule has 0 atom stereocenters. The van der Waals surface area contributed by atoms with Crippen LogP contribution in [0, 0.1) is 29.9 Å². The summed E-state index contributed by atoms with van der Waals surface area (Å²) in [4.78, 5) is 38.1. The lowest BCUT2D eigenvalue weighted by atomic mass is 10.0. The van der Waals surface area contributed by atoms with Gasteiger partial charge in [-0.1, -0.05) is 32.4 Å². The number of aryl methyl sites for hydroxylation is 4. The van der Waals surface area contributed by atoms with Crippen molar-refractivity contribution in [2.24, 2.45) is 13.0 Å². The van der Waals surface area contributed by atoms with Crippen LogP contribution >= 0.6 is 11.6 Å². The van der Waals surface area contributed by atoms with Crippen molar-refractivity contribution in [2.75, 3.05) is 4.90 Å². The van der Waals surface area contributed by atoms with Crippen LogP contribution < -0.4 is 4.90 Å². The predicted octanol–water partition coefficient (Wildman–Crippen LogP) is 3.99. The van der Waals surface area contributed by atoms with Crippen LogP contribution in [0.3, 0.4) is 0 Å². The number of nitrogens with zero attached hydrogens (tertiary/aromatic N) is 4. The number of rotatable bonds is 5. The number of carbonyl (C=O) groups is 2. The summed E-state index contributed by atoms with van der Waals surface area (Å²) in [5.74, 6) is -1.52. The van der Waals surface area contributed by atoms with E-state index >= 15 is 0 Å². The van der Waals surface area contributed by atoms with E-state index in [1.54, 1.807) is 34.7 Å². The third-order valence-electron chi connectivity index (χ3n) is 4.42. The largest absolute Gasteiger partial charge is 0.284 e. The number of hydrogen-bond acceptors (Lipinski definition) is 5. The fraction of sp³-hybridized carbons (Fsp3) is 0.421. The van der Waals surface area contributed by atoms with Crippen molar-refractivity contribution in [3.8, 4) is 0 Å². The van der Waals surface area contributed by atoms with Crippen LogP contribution in [0.4, 0.5) is 11.4 Å². The van der Waals surface area contributed by atoms with Gasteiger partial charge in [0.15, 0.2) is 0 Å². The van der Waals surface area contributed by atoms with Crippen molar-refractivity contribution in [1.82, 2.24) is 9.78 Å². The maximum absolute atomic E-state index is 13.4. The number of hydrogen-bond donors (Lipinski definition) is 0. The van der Waals surface area contributed by atoms with Gasteiger partial charge in [-0.15, -0.1) is 0 Å². The fourth-order valence-electron chi connectivity index (χ4n) is 3.08. The molecule has 1 heterocycles. The van der Waals surface area contributed by atoms with E-state index in [0.29, 0.717) is 28.9 Å². The molecular weight excluding hydrogens is 384 g/mol. The van der Waals surface area contributed by atoms with Crippen LogP contribution in [0.15, 0.2) is 12.1 Å². The second-order valence-electron chi connectivity index (χ2n) is 6.91. The number of nitro benzene ring substituents is 1. The van der Waals surface area contributed by atoms with Crippen LogP contribution in [-0.4, -0.2) is 26.5 Å². The zero-order valence-electron chi connectivity index (χ0n) is 16.7. The van der Waals surface area contributed by atoms with E-state index < -0.39 is 22.7 Å². The van der Waals surface area contributed by atoms with Gasteiger partial charge in [-0.05, 0) is 31.4 Å². The lowest BCUT2D eigenvalue weighted by Crippen LogP contribution is -2.41. The highest BCUT2D eigenvalue weighted by Gasteiger charge is 2.33. The molecule has 9 heteroatoms. The summed E-state index contributed by atoms with van der Waals surface area (Å²) in [7, 11) is 1.59. The number of non-ortho nitro benzene ring substituents is 1. The molecule has 0 N–H and O–H groups in total. The first-order chi connectivity index (χ1) is 13.0. The SMILES string of the molecule is CCc1nn(C)c(C(=O)N(C(=O)C(C)C)c2c(C)cc([N+](=O)[O-])cc2C)c1Cl. The standard InChI is InChI=1S/C19H23ClN4O4/c1-7-14-15(20)17(22(6)21-14)19(26)23(18(25)10(2)3)16-11(4)8-13(24(27)28)9-12(16)5/h8-10H,7H2,1-6H3. The maximum atomic E-state index is 13.4. The molecule has 0 aliphatic heterocycles. The molecular formula is C19H23ClN4O4. The molecule has 2 aromatic rings. The number of halogens is 1. The molecule has 150 valence electrons. The topological polar surface area (TPSA) is 98.3 Å². The Morgan fingerprint density at radius 1 is 1.29 bits per heavy atom. The van der Waals surface area contributed by atoms with Gasteiger partial charge >= 0.3 is 0 Å². The number of nitro groups is 1. The molecule has 0 saturated heterocycles. The van der Waals surface area contributed by atoms with Crippen LogP contribution in [0.25, 0.3) is 0 Å². The van der Waals surface area contributed by atoms with Gasteiger partial charge in [0.2, 0.25) is 5.91 Å². The first-order valence-corrected chi connectivity index (χ1v) is 9.24. The third-order valence-corrected chi connectivity index (χ3v) is 4.82. The summed E-state index contributed by atoms with van der Waals surface area (Å²) in [5, 5.41) is 15.6. The normalized spacial score (nSPS) is 11.0. The Bertz CT molecular complexity index is 942. The molecule has 2 rings (SSSR count). The highest BCUT2D eigenvalue weighted by atomic mass is 35.5. The minimum absolute atomic E-state index is 0.102. The summed E-state index contributed by atoms with van der Waals surface area (Å²) in [6.07, 6.45) is 0.535. The molecule has 0 unspecified atom stereocenters. The monoisotopic (exact) mass is 406 g/mol. The molecule has 28 heavy (non-hydrogen) atoms. The van der Waals surface area contributed by atoms with Gasteiger partial charge in [-0.3, -0.25) is 24.4 Å². The van der Waals surface area contributed by atoms with Gasteiger partial charge in [0.1, 0.15) is 5.69 Å². The van der Waals surface area contributed by atoms with E-state index in [1.807, 2.05) is 6.92 Å². The number of carbonyl (C=O) groups excluding carboxylic acids is 2. The Kier molecular flexibility index (Phi) is 6.23. The van der Waals surface area contributed by atoms with Crippen molar-refractivity contribution in [1.29, 1.82) is 0 Å². The lowest BCUT2D eigenvalue weighted by molar-refractivity contribution is -0.384. The zero-order valence-corrected chi connectivity index (χ0v) is 17.5. The highest BCUT2D eigenvalue weighted by Crippen LogP contribution is 2.33. The summed E-state index contributed by atoms with van der Waals surface area (Å²) in [6, 6.07) is 2.69. The highest BCUT2D eigenvalue weighted by molar-refractivity contribution is 6.36. The molecule has 0 bridgehead atoms. The molecule has 0 fully saturated rings. The van der Waals surface area contributed by atoms with Crippen LogP contribution in [0.2, 0.25) is 5.02 Å². The summed E-state index contributed by atoms with van der Waals surface area (Å²) >= 11 is 6.36. The van der Waals surface area contributed by atoms with E-state index in [-0.39, 0.29) is 16.4 Å². The summed E-state index contributed by atoms with van der Waals surface area (Å²) < 4.78 is 1.36. The summed E-state index contributed by atoms with van der Waals surface area (Å²) in [6.45, 7) is 8.49. The molecule has 8 nitrogen and oxygen atoms in total. The number of anilines is 1. The average molecular weight is 407 g/mol. The number of benzene rings is 1. The first-order valence-electron chi connectivity index (χ1n) is 8.86. The maximum Gasteiger partial charge on any atom is 0.284 e. The number of imide groups is 1. The molecule has 2 amide bonds. The quantitative estimate of drug-likeness (QED) is 0.552. The van der Waals surface area contributed by atoms with Gasteiger partial charge < -0.3 is 0 Å². The van der Waals surface area contributed by atoms with E-state index in [1.165, 1.54) is 16.8 Å². The van der Waals surface area contributed by atoms with Crippen molar-refractivity contribution in [3.05, 3.63) is 49.8 Å². The van der Waals surface area contributed by atoms with Crippen LogP contribution in [0.1, 0.15) is 48.1 Å². The van der Waals surface area contributed by atoms with E-state index in [0.717, 1.165) is 4.90 Å². The van der Waals surface area contributed by atoms with Crippen molar-refractivity contribution in [3.63, 3.8) is 0 Å². The lowest BCUT2D eigenvalue weighted by Gasteiger charge is -2.26. The van der Waals surface area contributed by atoms with Gasteiger partial charge in [0.05, 0.1) is 21.3 Å². The molecule has 0 aliphatic carbocycles. The minimum Gasteiger partial charge on any atom is -0.274 e. The average Bonchev–Trinajstić information content (AvgIpc) is 2.90. The third kappa shape index (κ3) is 3.77. The Labute approximate surface area is 168 Å². The second-order valence-corrected chi connectivity index (χ2v) is 7.28. The second kappa shape index (κ2) is 8.10. The van der Waals surface area contributed by atoms with Gasteiger partial charge in [-0.25, -0.2) is 4.90 Å². The van der Waals surface area contributed by atoms with Crippen LogP contribution in [0.5, 0.6) is 0 Å². The Morgan fingerprint density at radius 3 is 2.21 bits per heavy atom. The molecule has 1 aromatic heterocycles. The molecule has 1 aromatic carbocycles. The predicted molar refractivity (Wildman–Crippen MR) is 107 cm³/mol. The van der Waals surface area contributed by atoms with Gasteiger partial charge in [-0.2, -0.15) is 5.10 Å².